The first-order valence-corrected chi connectivity index (χ1v) is 8.70. The van der Waals surface area contributed by atoms with Crippen molar-refractivity contribution in [2.24, 2.45) is 0 Å². The van der Waals surface area contributed by atoms with Gasteiger partial charge in [-0.2, -0.15) is 0 Å². The van der Waals surface area contributed by atoms with Crippen molar-refractivity contribution in [3.8, 4) is 11.3 Å². The minimum absolute atomic E-state index is 0.0239. The monoisotopic (exact) mass is 364 g/mol. The second-order valence-corrected chi connectivity index (χ2v) is 6.00. The Labute approximate surface area is 156 Å². The molecule has 0 aliphatic rings. The maximum absolute atomic E-state index is 12.3. The van der Waals surface area contributed by atoms with E-state index in [1.807, 2.05) is 37.3 Å². The fraction of sp³-hybridized carbons (Fsp3) is 0.200. The van der Waals surface area contributed by atoms with E-state index in [-0.39, 0.29) is 17.5 Å². The third kappa shape index (κ3) is 5.01. The average molecular weight is 364 g/mol. The van der Waals surface area contributed by atoms with Crippen LogP contribution >= 0.6 is 0 Å². The maximum atomic E-state index is 12.3. The summed E-state index contributed by atoms with van der Waals surface area (Å²) in [6.45, 7) is 2.26. The zero-order chi connectivity index (χ0) is 19.1. The fourth-order valence-electron chi connectivity index (χ4n) is 2.51. The van der Waals surface area contributed by atoms with Crippen LogP contribution < -0.4 is 10.6 Å². The topological polar surface area (TPSA) is 97.1 Å². The van der Waals surface area contributed by atoms with Crippen LogP contribution in [0.1, 0.15) is 35.8 Å². The highest BCUT2D eigenvalue weighted by Gasteiger charge is 2.13. The molecule has 7 nitrogen and oxygen atoms in total. The molecule has 0 saturated carbocycles. The Kier molecular flexibility index (Phi) is 5.94. The van der Waals surface area contributed by atoms with Gasteiger partial charge in [-0.05, 0) is 36.2 Å². The molecule has 3 rings (SSSR count). The highest BCUT2D eigenvalue weighted by atomic mass is 16.5. The molecule has 0 atom stereocenters. The number of nitrogens with zero attached hydrogens (tertiary/aromatic N) is 2. The van der Waals surface area contributed by atoms with Gasteiger partial charge in [0.15, 0.2) is 11.5 Å². The van der Waals surface area contributed by atoms with Gasteiger partial charge >= 0.3 is 0 Å². The van der Waals surface area contributed by atoms with E-state index in [1.54, 1.807) is 24.5 Å². The van der Waals surface area contributed by atoms with E-state index in [9.17, 15) is 9.59 Å². The van der Waals surface area contributed by atoms with Crippen molar-refractivity contribution < 1.29 is 14.1 Å². The van der Waals surface area contributed by atoms with Crippen LogP contribution in [0.25, 0.3) is 11.3 Å². The third-order valence-corrected chi connectivity index (χ3v) is 3.83. The van der Waals surface area contributed by atoms with E-state index in [2.05, 4.69) is 20.8 Å². The summed E-state index contributed by atoms with van der Waals surface area (Å²) in [5.41, 5.74) is 2.52. The molecule has 7 heteroatoms. The minimum atomic E-state index is -0.339. The molecule has 0 aliphatic carbocycles. The van der Waals surface area contributed by atoms with Gasteiger partial charge in [0.2, 0.25) is 5.91 Å². The zero-order valence-electron chi connectivity index (χ0n) is 14.9. The Morgan fingerprint density at radius 2 is 2.04 bits per heavy atom. The Bertz CT molecular complexity index is 922. The van der Waals surface area contributed by atoms with Gasteiger partial charge in [0, 0.05) is 42.7 Å². The Morgan fingerprint density at radius 1 is 1.15 bits per heavy atom. The molecule has 0 saturated heterocycles. The van der Waals surface area contributed by atoms with Gasteiger partial charge < -0.3 is 15.2 Å². The molecular weight excluding hydrogens is 344 g/mol. The first-order valence-electron chi connectivity index (χ1n) is 8.70. The van der Waals surface area contributed by atoms with Crippen LogP contribution in [-0.2, 0) is 11.3 Å². The van der Waals surface area contributed by atoms with Crippen molar-refractivity contribution in [3.63, 3.8) is 0 Å². The van der Waals surface area contributed by atoms with Crippen LogP contribution in [0.4, 0.5) is 5.69 Å². The smallest absolute Gasteiger partial charge is 0.273 e. The summed E-state index contributed by atoms with van der Waals surface area (Å²) < 4.78 is 5.21. The van der Waals surface area contributed by atoms with E-state index in [0.717, 1.165) is 17.5 Å². The van der Waals surface area contributed by atoms with Crippen LogP contribution in [-0.4, -0.2) is 22.0 Å². The van der Waals surface area contributed by atoms with Crippen molar-refractivity contribution in [1.82, 2.24) is 15.5 Å². The van der Waals surface area contributed by atoms with Gasteiger partial charge in [0.05, 0.1) is 0 Å². The van der Waals surface area contributed by atoms with Gasteiger partial charge in [-0.3, -0.25) is 14.6 Å². The van der Waals surface area contributed by atoms with Gasteiger partial charge in [-0.15, -0.1) is 0 Å². The number of rotatable bonds is 7. The van der Waals surface area contributed by atoms with Crippen molar-refractivity contribution >= 4 is 17.5 Å². The number of carbonyl (C=O) groups is 2. The number of benzene rings is 1. The molecule has 0 bridgehead atoms. The predicted octanol–water partition coefficient (Wildman–Crippen LogP) is 3.41. The molecule has 0 radical (unpaired) electrons. The Hall–Kier alpha value is -3.48. The van der Waals surface area contributed by atoms with Crippen molar-refractivity contribution in [1.29, 1.82) is 0 Å². The Balaban J connectivity index is 1.59. The van der Waals surface area contributed by atoms with Crippen molar-refractivity contribution in [3.05, 3.63) is 66.1 Å². The normalized spacial score (nSPS) is 10.4. The summed E-state index contributed by atoms with van der Waals surface area (Å²) in [6, 6.07) is 12.5. The molecule has 2 amide bonds. The number of aromatic nitrogens is 2. The summed E-state index contributed by atoms with van der Waals surface area (Å²) in [7, 11) is 0. The highest BCUT2D eigenvalue weighted by Crippen LogP contribution is 2.19. The molecule has 2 N–H and O–H groups in total. The molecular formula is C20H20N4O3. The average Bonchev–Trinajstić information content (AvgIpc) is 3.18. The summed E-state index contributed by atoms with van der Waals surface area (Å²) in [5.74, 6) is 0.118. The largest absolute Gasteiger partial charge is 0.355 e. The Morgan fingerprint density at radius 3 is 2.81 bits per heavy atom. The molecule has 138 valence electrons. The lowest BCUT2D eigenvalue weighted by atomic mass is 10.2. The highest BCUT2D eigenvalue weighted by molar-refractivity contribution is 5.93. The maximum Gasteiger partial charge on any atom is 0.273 e. The third-order valence-electron chi connectivity index (χ3n) is 3.83. The van der Waals surface area contributed by atoms with Crippen LogP contribution in [0.5, 0.6) is 0 Å². The molecule has 1 aromatic carbocycles. The number of amides is 2. The number of hydrogen-bond donors (Lipinski definition) is 2. The summed E-state index contributed by atoms with van der Waals surface area (Å²) in [5, 5.41) is 9.45. The summed E-state index contributed by atoms with van der Waals surface area (Å²) >= 11 is 0. The van der Waals surface area contributed by atoms with Crippen molar-refractivity contribution in [2.45, 2.75) is 26.3 Å². The standard InChI is InChI=1S/C20H20N4O3/c1-2-5-19(25)23-16-8-3-6-14(10-16)12-22-20(26)17-11-18(27-24-17)15-7-4-9-21-13-15/h3-4,6-11,13H,2,5,12H2,1H3,(H,22,26)(H,23,25). The lowest BCUT2D eigenvalue weighted by molar-refractivity contribution is -0.116. The van der Waals surface area contributed by atoms with Gasteiger partial charge in [-0.25, -0.2) is 0 Å². The number of anilines is 1. The molecule has 0 fully saturated rings. The van der Waals surface area contributed by atoms with Crippen LogP contribution in [0.15, 0.2) is 59.4 Å². The second-order valence-electron chi connectivity index (χ2n) is 6.00. The van der Waals surface area contributed by atoms with Gasteiger partial charge in [-0.1, -0.05) is 24.2 Å². The van der Waals surface area contributed by atoms with Gasteiger partial charge in [0.25, 0.3) is 5.91 Å². The van der Waals surface area contributed by atoms with E-state index >= 15 is 0 Å². The van der Waals surface area contributed by atoms with Gasteiger partial charge in [0.1, 0.15) is 0 Å². The predicted molar refractivity (Wildman–Crippen MR) is 101 cm³/mol. The molecule has 0 unspecified atom stereocenters. The number of pyridine rings is 1. The SMILES string of the molecule is CCCC(=O)Nc1cccc(CNC(=O)c2cc(-c3cccnc3)on2)c1. The first kappa shape index (κ1) is 18.3. The van der Waals surface area contributed by atoms with Crippen molar-refractivity contribution in [2.75, 3.05) is 5.32 Å². The lowest BCUT2D eigenvalue weighted by Gasteiger charge is -2.07. The van der Waals surface area contributed by atoms with Crippen LogP contribution in [0.3, 0.4) is 0 Å². The van der Waals surface area contributed by atoms with E-state index in [4.69, 9.17) is 4.52 Å². The number of hydrogen-bond acceptors (Lipinski definition) is 5. The quantitative estimate of drug-likeness (QED) is 0.670. The van der Waals surface area contributed by atoms with E-state index < -0.39 is 0 Å². The molecule has 27 heavy (non-hydrogen) atoms. The summed E-state index contributed by atoms with van der Waals surface area (Å²) in [4.78, 5) is 28.0. The fourth-order valence-corrected chi connectivity index (χ4v) is 2.51. The first-order chi connectivity index (χ1) is 13.2. The molecule has 2 heterocycles. The number of carbonyl (C=O) groups excluding carboxylic acids is 2. The lowest BCUT2D eigenvalue weighted by Crippen LogP contribution is -2.23. The molecule has 2 aromatic heterocycles. The number of nitrogens with one attached hydrogen (secondary N) is 2. The van der Waals surface area contributed by atoms with E-state index in [0.29, 0.717) is 24.4 Å². The molecule has 0 spiro atoms. The minimum Gasteiger partial charge on any atom is -0.355 e. The van der Waals surface area contributed by atoms with Crippen LogP contribution in [0.2, 0.25) is 0 Å². The van der Waals surface area contributed by atoms with E-state index in [1.165, 1.54) is 0 Å². The zero-order valence-corrected chi connectivity index (χ0v) is 14.9. The summed E-state index contributed by atoms with van der Waals surface area (Å²) in [6.07, 6.45) is 4.57. The molecule has 3 aromatic rings. The van der Waals surface area contributed by atoms with Crippen LogP contribution in [0, 0.1) is 0 Å². The molecule has 0 aliphatic heterocycles. The second kappa shape index (κ2) is 8.75.